The van der Waals surface area contributed by atoms with E-state index in [0.717, 1.165) is 15.6 Å². The second kappa shape index (κ2) is 6.33. The number of aromatic nitrogens is 3. The maximum atomic E-state index is 12.2. The van der Waals surface area contributed by atoms with E-state index in [1.54, 1.807) is 5.38 Å². The normalized spacial score (nSPS) is 10.9. The summed E-state index contributed by atoms with van der Waals surface area (Å²) in [5.41, 5.74) is 1.40. The summed E-state index contributed by atoms with van der Waals surface area (Å²) < 4.78 is 0. The molecule has 0 saturated carbocycles. The van der Waals surface area contributed by atoms with E-state index in [4.69, 9.17) is 0 Å². The maximum absolute atomic E-state index is 12.2. The Morgan fingerprint density at radius 1 is 1.18 bits per heavy atom. The van der Waals surface area contributed by atoms with Gasteiger partial charge in [0.2, 0.25) is 5.13 Å². The van der Waals surface area contributed by atoms with Crippen molar-refractivity contribution in [2.24, 2.45) is 0 Å². The Bertz CT molecular complexity index is 780. The fourth-order valence-electron chi connectivity index (χ4n) is 1.77. The lowest BCUT2D eigenvalue weighted by Gasteiger charge is -1.97. The maximum Gasteiger partial charge on any atom is 0.276 e. The van der Waals surface area contributed by atoms with Crippen LogP contribution in [0.15, 0.2) is 35.7 Å². The van der Waals surface area contributed by atoms with Crippen molar-refractivity contribution in [3.05, 3.63) is 46.4 Å². The van der Waals surface area contributed by atoms with E-state index >= 15 is 0 Å². The van der Waals surface area contributed by atoms with Crippen molar-refractivity contribution < 1.29 is 4.79 Å². The molecule has 0 bridgehead atoms. The Morgan fingerprint density at radius 2 is 1.95 bits per heavy atom. The van der Waals surface area contributed by atoms with Gasteiger partial charge < -0.3 is 0 Å². The standard InChI is InChI=1S/C15H14N4OS2/c1-9(2)13-18-19-15(22-13)17-12(20)11-8-21-14(16-11)10-6-4-3-5-7-10/h3-9H,1-2H3,(H,17,19,20). The zero-order chi connectivity index (χ0) is 15.5. The van der Waals surface area contributed by atoms with E-state index < -0.39 is 0 Å². The van der Waals surface area contributed by atoms with Crippen molar-refractivity contribution in [2.75, 3.05) is 5.32 Å². The molecule has 3 rings (SSSR count). The highest BCUT2D eigenvalue weighted by Gasteiger charge is 2.15. The second-order valence-electron chi connectivity index (χ2n) is 4.96. The summed E-state index contributed by atoms with van der Waals surface area (Å²) in [5.74, 6) is 0.0389. The molecule has 0 aliphatic heterocycles. The van der Waals surface area contributed by atoms with Gasteiger partial charge in [-0.1, -0.05) is 55.5 Å². The van der Waals surface area contributed by atoms with Crippen molar-refractivity contribution in [1.29, 1.82) is 0 Å². The summed E-state index contributed by atoms with van der Waals surface area (Å²) >= 11 is 2.84. The van der Waals surface area contributed by atoms with Crippen LogP contribution in [0.3, 0.4) is 0 Å². The smallest absolute Gasteiger partial charge is 0.276 e. The average molecular weight is 330 g/mol. The van der Waals surface area contributed by atoms with E-state index in [9.17, 15) is 4.79 Å². The minimum atomic E-state index is -0.259. The highest BCUT2D eigenvalue weighted by Crippen LogP contribution is 2.25. The highest BCUT2D eigenvalue weighted by atomic mass is 32.1. The first-order valence-corrected chi connectivity index (χ1v) is 8.49. The van der Waals surface area contributed by atoms with Gasteiger partial charge in [-0.3, -0.25) is 10.1 Å². The van der Waals surface area contributed by atoms with E-state index in [0.29, 0.717) is 16.7 Å². The zero-order valence-corrected chi connectivity index (χ0v) is 13.7. The summed E-state index contributed by atoms with van der Waals surface area (Å²) in [4.78, 5) is 16.6. The van der Waals surface area contributed by atoms with Gasteiger partial charge >= 0.3 is 0 Å². The molecule has 112 valence electrons. The first kappa shape index (κ1) is 14.8. The molecular weight excluding hydrogens is 316 g/mol. The molecule has 1 aromatic carbocycles. The fourth-order valence-corrected chi connectivity index (χ4v) is 3.32. The Labute approximate surface area is 136 Å². The molecule has 1 N–H and O–H groups in total. The van der Waals surface area contributed by atoms with Crippen LogP contribution in [0.5, 0.6) is 0 Å². The summed E-state index contributed by atoms with van der Waals surface area (Å²) in [7, 11) is 0. The van der Waals surface area contributed by atoms with Gasteiger partial charge in [-0.2, -0.15) is 0 Å². The monoisotopic (exact) mass is 330 g/mol. The second-order valence-corrected chi connectivity index (χ2v) is 6.83. The molecular formula is C15H14N4OS2. The number of anilines is 1. The lowest BCUT2D eigenvalue weighted by Crippen LogP contribution is -2.12. The van der Waals surface area contributed by atoms with Gasteiger partial charge in [0.25, 0.3) is 5.91 Å². The van der Waals surface area contributed by atoms with Crippen LogP contribution in [-0.4, -0.2) is 21.1 Å². The number of hydrogen-bond acceptors (Lipinski definition) is 6. The van der Waals surface area contributed by atoms with Crippen LogP contribution in [0.4, 0.5) is 5.13 Å². The molecule has 2 aromatic heterocycles. The van der Waals surface area contributed by atoms with E-state index in [1.165, 1.54) is 22.7 Å². The molecule has 0 unspecified atom stereocenters. The first-order chi connectivity index (χ1) is 10.6. The summed E-state index contributed by atoms with van der Waals surface area (Å²) in [5, 5.41) is 14.8. The number of amides is 1. The lowest BCUT2D eigenvalue weighted by atomic mass is 10.2. The summed E-state index contributed by atoms with van der Waals surface area (Å²) in [6.07, 6.45) is 0. The molecule has 22 heavy (non-hydrogen) atoms. The number of hydrogen-bond donors (Lipinski definition) is 1. The molecule has 0 atom stereocenters. The first-order valence-electron chi connectivity index (χ1n) is 6.79. The Hall–Kier alpha value is -2.12. The van der Waals surface area contributed by atoms with Gasteiger partial charge in [-0.25, -0.2) is 4.98 Å². The number of nitrogens with one attached hydrogen (secondary N) is 1. The number of nitrogens with zero attached hydrogens (tertiary/aromatic N) is 3. The van der Waals surface area contributed by atoms with Gasteiger partial charge in [-0.05, 0) is 0 Å². The third-order valence-corrected chi connectivity index (χ3v) is 4.94. The molecule has 1 amide bonds. The van der Waals surface area contributed by atoms with Gasteiger partial charge in [0, 0.05) is 16.9 Å². The van der Waals surface area contributed by atoms with Crippen LogP contribution in [0, 0.1) is 0 Å². The molecule has 2 heterocycles. The SMILES string of the molecule is CC(C)c1nnc(NC(=O)c2csc(-c3ccccc3)n2)s1. The predicted molar refractivity (Wildman–Crippen MR) is 89.5 cm³/mol. The lowest BCUT2D eigenvalue weighted by molar-refractivity contribution is 0.102. The number of thiazole rings is 1. The third kappa shape index (κ3) is 3.20. The molecule has 3 aromatic rings. The summed E-state index contributed by atoms with van der Waals surface area (Å²) in [6, 6.07) is 9.79. The van der Waals surface area contributed by atoms with Gasteiger partial charge in [0.1, 0.15) is 15.7 Å². The molecule has 7 heteroatoms. The Morgan fingerprint density at radius 3 is 2.64 bits per heavy atom. The van der Waals surface area contributed by atoms with Crippen LogP contribution in [0.25, 0.3) is 10.6 Å². The summed E-state index contributed by atoms with van der Waals surface area (Å²) in [6.45, 7) is 4.08. The minimum Gasteiger partial charge on any atom is -0.295 e. The van der Waals surface area contributed by atoms with Gasteiger partial charge in [-0.15, -0.1) is 21.5 Å². The molecule has 0 fully saturated rings. The molecule has 5 nitrogen and oxygen atoms in total. The quantitative estimate of drug-likeness (QED) is 0.784. The molecule has 0 aliphatic carbocycles. The molecule has 0 saturated heterocycles. The van der Waals surface area contributed by atoms with E-state index in [2.05, 4.69) is 20.5 Å². The van der Waals surface area contributed by atoms with Crippen LogP contribution < -0.4 is 5.32 Å². The van der Waals surface area contributed by atoms with E-state index in [1.807, 2.05) is 44.2 Å². The number of rotatable bonds is 4. The highest BCUT2D eigenvalue weighted by molar-refractivity contribution is 7.15. The predicted octanol–water partition coefficient (Wildman–Crippen LogP) is 4.04. The van der Waals surface area contributed by atoms with Crippen molar-refractivity contribution in [2.45, 2.75) is 19.8 Å². The fraction of sp³-hybridized carbons (Fsp3) is 0.200. The Kier molecular flexibility index (Phi) is 4.26. The number of carbonyl (C=O) groups is 1. The third-order valence-electron chi connectivity index (χ3n) is 2.91. The van der Waals surface area contributed by atoms with E-state index in [-0.39, 0.29) is 5.91 Å². The number of benzene rings is 1. The molecule has 0 radical (unpaired) electrons. The average Bonchev–Trinajstić information content (AvgIpc) is 3.17. The van der Waals surface area contributed by atoms with Crippen LogP contribution in [0.2, 0.25) is 0 Å². The van der Waals surface area contributed by atoms with Crippen LogP contribution >= 0.6 is 22.7 Å². The molecule has 0 spiro atoms. The van der Waals surface area contributed by atoms with Crippen molar-refractivity contribution >= 4 is 33.7 Å². The van der Waals surface area contributed by atoms with Gasteiger partial charge in [0.15, 0.2) is 0 Å². The molecule has 0 aliphatic rings. The number of carbonyl (C=O) groups excluding carboxylic acids is 1. The largest absolute Gasteiger partial charge is 0.295 e. The van der Waals surface area contributed by atoms with Crippen LogP contribution in [0.1, 0.15) is 35.3 Å². The van der Waals surface area contributed by atoms with Crippen molar-refractivity contribution in [3.8, 4) is 10.6 Å². The minimum absolute atomic E-state index is 0.259. The Balaban J connectivity index is 1.74. The topological polar surface area (TPSA) is 67.8 Å². The van der Waals surface area contributed by atoms with Gasteiger partial charge in [0.05, 0.1) is 0 Å². The van der Waals surface area contributed by atoms with Crippen molar-refractivity contribution in [3.63, 3.8) is 0 Å². The van der Waals surface area contributed by atoms with Crippen molar-refractivity contribution in [1.82, 2.24) is 15.2 Å². The zero-order valence-electron chi connectivity index (χ0n) is 12.1. The van der Waals surface area contributed by atoms with Crippen LogP contribution in [-0.2, 0) is 0 Å².